The average molecular weight is 1220 g/mol. The smallest absolute Gasteiger partial charge is 0.443 e. The quantitative estimate of drug-likeness (QED) is 0.0449. The number of halogens is 3. The number of ether oxygens (including phenoxy) is 4. The topological polar surface area (TPSA) is 304 Å². The molecule has 0 radical (unpaired) electrons. The molecule has 0 spiro atoms. The maximum Gasteiger partial charge on any atom is 0.495 e. The Morgan fingerprint density at radius 3 is 1.38 bits per heavy atom. The summed E-state index contributed by atoms with van der Waals surface area (Å²) in [6.45, 7) is 34.5. The average Bonchev–Trinajstić information content (AvgIpc) is 2.07. The van der Waals surface area contributed by atoms with Gasteiger partial charge in [0.1, 0.15) is 22.4 Å². The van der Waals surface area contributed by atoms with E-state index in [1.165, 1.54) is 42.5 Å². The van der Waals surface area contributed by atoms with Gasteiger partial charge in [-0.2, -0.15) is 14.3 Å². The Morgan fingerprint density at radius 1 is 0.593 bits per heavy atom. The largest absolute Gasteiger partial charge is 0.495 e. The molecule has 1 saturated heterocycles. The number of benzene rings is 2. The van der Waals surface area contributed by atoms with Crippen molar-refractivity contribution in [2.75, 3.05) is 9.80 Å². The van der Waals surface area contributed by atoms with Crippen LogP contribution in [0.3, 0.4) is 0 Å². The molecule has 0 aliphatic carbocycles. The number of rotatable bonds is 8. The van der Waals surface area contributed by atoms with Crippen molar-refractivity contribution in [1.29, 1.82) is 0 Å². The Hall–Kier alpha value is -8.57. The van der Waals surface area contributed by atoms with E-state index in [0.717, 1.165) is 37.1 Å². The fourth-order valence-electron chi connectivity index (χ4n) is 7.38. The van der Waals surface area contributed by atoms with Crippen molar-refractivity contribution in [2.24, 2.45) is 0 Å². The number of nitrogens with zero attached hydrogens (tertiary/aromatic N) is 12. The van der Waals surface area contributed by atoms with Gasteiger partial charge in [0, 0.05) is 42.0 Å². The molecule has 26 nitrogen and oxygen atoms in total. The monoisotopic (exact) mass is 1220 g/mol. The highest BCUT2D eigenvalue weighted by Crippen LogP contribution is 2.38. The number of carbonyl (C=O) groups is 4. The van der Waals surface area contributed by atoms with Gasteiger partial charge in [-0.25, -0.2) is 52.7 Å². The Kier molecular flexibility index (Phi) is 20.3. The zero-order valence-electron chi connectivity index (χ0n) is 51.6. The Labute approximate surface area is 500 Å². The van der Waals surface area contributed by atoms with Crippen LogP contribution in [0.15, 0.2) is 60.9 Å². The van der Waals surface area contributed by atoms with Crippen molar-refractivity contribution < 1.29 is 66.1 Å². The lowest BCUT2D eigenvalue weighted by Gasteiger charge is -2.32. The number of nitro benzene ring substituents is 2. The number of amides is 2. The second kappa shape index (κ2) is 25.6. The maximum absolute atomic E-state index is 15.2. The van der Waals surface area contributed by atoms with Gasteiger partial charge in [-0.3, -0.25) is 20.2 Å². The van der Waals surface area contributed by atoms with Crippen LogP contribution in [0.1, 0.15) is 133 Å². The molecule has 7 rings (SSSR count). The van der Waals surface area contributed by atoms with Gasteiger partial charge >= 0.3 is 31.5 Å². The molecule has 86 heavy (non-hydrogen) atoms. The molecule has 2 aromatic carbocycles. The summed E-state index contributed by atoms with van der Waals surface area (Å²) in [5, 5.41) is 30.1. The van der Waals surface area contributed by atoms with Crippen LogP contribution >= 0.6 is 11.6 Å². The van der Waals surface area contributed by atoms with Crippen LogP contribution in [0.4, 0.5) is 62.6 Å². The predicted molar refractivity (Wildman–Crippen MR) is 313 cm³/mol. The van der Waals surface area contributed by atoms with Gasteiger partial charge in [-0.05, 0) is 161 Å². The first-order valence-electron chi connectivity index (χ1n) is 26.5. The highest BCUT2D eigenvalue weighted by molar-refractivity contribution is 6.62. The van der Waals surface area contributed by atoms with Crippen LogP contribution in [-0.4, -0.2) is 114 Å². The molecule has 1 aliphatic rings. The molecule has 4 aromatic heterocycles. The molecule has 1 fully saturated rings. The van der Waals surface area contributed by atoms with Crippen LogP contribution in [0, 0.1) is 59.6 Å². The second-order valence-corrected chi connectivity index (χ2v) is 24.9. The van der Waals surface area contributed by atoms with Crippen molar-refractivity contribution in [1.82, 2.24) is 39.5 Å². The molecule has 6 aromatic rings. The number of non-ortho nitro benzene ring substituents is 2. The summed E-state index contributed by atoms with van der Waals surface area (Å²) in [5.74, 6) is -3.24. The molecule has 0 unspecified atom stereocenters. The van der Waals surface area contributed by atoms with Gasteiger partial charge in [0.25, 0.3) is 11.4 Å². The van der Waals surface area contributed by atoms with Crippen LogP contribution in [-0.2, 0) is 28.3 Å². The van der Waals surface area contributed by atoms with Gasteiger partial charge in [-0.1, -0.05) is 17.7 Å². The molecular weight excluding hydrogens is 1150 g/mol. The second-order valence-electron chi connectivity index (χ2n) is 24.5. The number of hydrogen-bond acceptors (Lipinski definition) is 20. The van der Waals surface area contributed by atoms with Gasteiger partial charge in [0.2, 0.25) is 5.28 Å². The number of anilines is 4. The van der Waals surface area contributed by atoms with E-state index in [1.807, 2.05) is 34.6 Å². The van der Waals surface area contributed by atoms with Crippen LogP contribution in [0.2, 0.25) is 5.28 Å². The van der Waals surface area contributed by atoms with Gasteiger partial charge in [0.15, 0.2) is 40.7 Å². The third-order valence-corrected chi connectivity index (χ3v) is 12.2. The summed E-state index contributed by atoms with van der Waals surface area (Å²) >= 11 is 5.78. The molecule has 0 N–H and O–H groups in total. The van der Waals surface area contributed by atoms with E-state index in [0.29, 0.717) is 22.4 Å². The standard InChI is InChI=1S/C25H29FN6O6.C18H23ClFN5O4.C13H18BNO4/c1-14-9-10-16(32(35)36)12-17(14)20-27-13-18(26)21(28-20)30(22(33)37-24(3,4)5)19-11-15(2)31(29-19)23(34)38-25(6,7)8;1-10-8-12(23-25(10)16(27)29-18(5,6)7)24(15(26)28-17(2,3)4)13-11(20)9-21-14(19)22-13;1-9-6-7-10(15(16)17)8-11(9)14-18-12(2,3)13(4,5)19-14/h9-13H,1-8H3;8-9H,1-7H3;6-8H,1-5H3. The third kappa shape index (κ3) is 17.5. The zero-order chi connectivity index (χ0) is 65.1. The number of nitro groups is 2. The molecule has 5 heterocycles. The summed E-state index contributed by atoms with van der Waals surface area (Å²) < 4.78 is 64.8. The van der Waals surface area contributed by atoms with Gasteiger partial charge in [0.05, 0.1) is 44.8 Å². The number of aromatic nitrogens is 8. The molecule has 1 aliphatic heterocycles. The number of hydrogen-bond donors (Lipinski definition) is 0. The van der Waals surface area contributed by atoms with E-state index < -0.39 is 98.2 Å². The van der Waals surface area contributed by atoms with Gasteiger partial charge in [-0.15, -0.1) is 10.2 Å². The molecule has 0 atom stereocenters. The van der Waals surface area contributed by atoms with Crippen molar-refractivity contribution >= 4 is 83.2 Å². The van der Waals surface area contributed by atoms with Crippen LogP contribution in [0.5, 0.6) is 0 Å². The lowest BCUT2D eigenvalue weighted by molar-refractivity contribution is -0.385. The SMILES string of the molecule is Cc1cc(N(C(=O)OC(C)(C)C)c2nc(Cl)ncc2F)nn1C(=O)OC(C)(C)C.Cc1ccc([N+](=O)[O-])cc1-c1ncc(F)c(N(C(=O)OC(C)(C)C)c2cc(C)n(C(=O)OC(C)(C)C)n2)n1.Cc1ccc([N+](=O)[O-])cc1B1OC(C)(C)C(C)(C)O1. The first kappa shape index (κ1) is 68.2. The van der Waals surface area contributed by atoms with Crippen LogP contribution in [0.25, 0.3) is 11.4 Å². The van der Waals surface area contributed by atoms with Crippen molar-refractivity contribution in [3.8, 4) is 11.4 Å². The Bertz CT molecular complexity index is 3550. The lowest BCUT2D eigenvalue weighted by atomic mass is 9.76. The molecule has 462 valence electrons. The summed E-state index contributed by atoms with van der Waals surface area (Å²) in [7, 11) is -0.565. The highest BCUT2D eigenvalue weighted by atomic mass is 35.5. The van der Waals surface area contributed by atoms with Crippen molar-refractivity contribution in [3.63, 3.8) is 0 Å². The molecule has 0 bridgehead atoms. The lowest BCUT2D eigenvalue weighted by Crippen LogP contribution is -2.41. The third-order valence-electron chi connectivity index (χ3n) is 12.0. The maximum atomic E-state index is 15.2. The van der Waals surface area contributed by atoms with E-state index >= 15 is 4.39 Å². The Balaban J connectivity index is 0.000000249. The van der Waals surface area contributed by atoms with Crippen LogP contribution < -0.4 is 15.3 Å². The van der Waals surface area contributed by atoms with Crippen molar-refractivity contribution in [3.05, 3.63) is 121 Å². The van der Waals surface area contributed by atoms with E-state index in [4.69, 9.17) is 39.9 Å². The van der Waals surface area contributed by atoms with E-state index in [9.17, 15) is 43.8 Å². The Morgan fingerprint density at radius 2 is 0.977 bits per heavy atom. The van der Waals surface area contributed by atoms with Gasteiger partial charge < -0.3 is 28.3 Å². The summed E-state index contributed by atoms with van der Waals surface area (Å²) in [6.07, 6.45) is -1.89. The molecular formula is C56H70BClF2N12O14. The number of carbonyl (C=O) groups excluding carboxylic acids is 4. The normalized spacial score (nSPS) is 13.7. The molecule has 0 saturated carbocycles. The molecule has 30 heteroatoms. The minimum atomic E-state index is -1.02. The summed E-state index contributed by atoms with van der Waals surface area (Å²) in [6, 6.07) is 11.6. The fourth-order valence-corrected chi connectivity index (χ4v) is 7.50. The van der Waals surface area contributed by atoms with E-state index in [2.05, 4.69) is 30.1 Å². The zero-order valence-corrected chi connectivity index (χ0v) is 52.3. The predicted octanol–water partition coefficient (Wildman–Crippen LogP) is 12.7. The van der Waals surface area contributed by atoms with E-state index in [1.54, 1.807) is 110 Å². The first-order valence-corrected chi connectivity index (χ1v) is 26.9. The van der Waals surface area contributed by atoms with Crippen molar-refractivity contribution in [2.45, 2.75) is 172 Å². The highest BCUT2D eigenvalue weighted by Gasteiger charge is 2.52. The molecule has 2 amide bonds. The summed E-state index contributed by atoms with van der Waals surface area (Å²) in [5.41, 5.74) is -1.35. The number of aryl methyl sites for hydroxylation is 4. The first-order chi connectivity index (χ1) is 39.3. The minimum absolute atomic E-state index is 0.0512. The summed E-state index contributed by atoms with van der Waals surface area (Å²) in [4.78, 5) is 89.4. The fraction of sp³-hybridized carbons (Fsp3) is 0.464. The minimum Gasteiger partial charge on any atom is -0.443 e. The van der Waals surface area contributed by atoms with E-state index in [-0.39, 0.29) is 39.7 Å².